The SMILES string of the molecule is OO.[AlH3].[H-].[H-].[Mg+2]. The molecule has 4 heteroatoms. The predicted molar refractivity (Wildman–Crippen MR) is 23.2 cm³/mol. The summed E-state index contributed by atoms with van der Waals surface area (Å²) in [5.41, 5.74) is 0. The molecule has 0 unspecified atom stereocenters. The molecule has 0 fully saturated rings. The summed E-state index contributed by atoms with van der Waals surface area (Å²) in [4.78, 5) is 0. The van der Waals surface area contributed by atoms with Gasteiger partial charge in [0.05, 0.1) is 0 Å². The largest absolute Gasteiger partial charge is 2.00 e. The van der Waals surface area contributed by atoms with E-state index >= 15 is 0 Å². The van der Waals surface area contributed by atoms with E-state index in [1.165, 1.54) is 0 Å². The molecule has 0 aliphatic heterocycles. The average molecular weight is 90.3 g/mol. The van der Waals surface area contributed by atoms with Crippen molar-refractivity contribution >= 4 is 40.4 Å². The van der Waals surface area contributed by atoms with Crippen LogP contribution in [0.4, 0.5) is 0 Å². The Morgan fingerprint density at radius 3 is 1.25 bits per heavy atom. The van der Waals surface area contributed by atoms with Gasteiger partial charge in [0, 0.05) is 0 Å². The minimum Gasteiger partial charge on any atom is -1.00 e. The Labute approximate surface area is 54.0 Å². The molecule has 0 aliphatic rings. The average Bonchev–Trinajstić information content (AvgIpc) is 1.00. The zero-order chi connectivity index (χ0) is 2.00. The van der Waals surface area contributed by atoms with Crippen LogP contribution in [-0.4, -0.2) is 50.9 Å². The molecule has 2 nitrogen and oxygen atoms in total. The van der Waals surface area contributed by atoms with Crippen LogP contribution < -0.4 is 0 Å². The van der Waals surface area contributed by atoms with E-state index in [0.29, 0.717) is 0 Å². The first-order valence-electron chi connectivity index (χ1n) is 0.200. The van der Waals surface area contributed by atoms with E-state index in [0.717, 1.165) is 0 Å². The Kier molecular flexibility index (Phi) is 139. The summed E-state index contributed by atoms with van der Waals surface area (Å²) in [6, 6.07) is 0. The zero-order valence-corrected chi connectivity index (χ0v) is 3.02. The molecule has 0 amide bonds. The quantitative estimate of drug-likeness (QED) is 0.220. The van der Waals surface area contributed by atoms with E-state index in [1.54, 1.807) is 0 Å². The molecule has 0 aromatic carbocycles. The van der Waals surface area contributed by atoms with Crippen LogP contribution in [0.5, 0.6) is 0 Å². The van der Waals surface area contributed by atoms with Crippen molar-refractivity contribution in [1.82, 2.24) is 0 Å². The van der Waals surface area contributed by atoms with Gasteiger partial charge in [0.15, 0.2) is 17.4 Å². The smallest absolute Gasteiger partial charge is 1.00 e. The van der Waals surface area contributed by atoms with Crippen LogP contribution in [-0.2, 0) is 0 Å². The summed E-state index contributed by atoms with van der Waals surface area (Å²) >= 11 is 0. The maximum absolute atomic E-state index is 6.00. The van der Waals surface area contributed by atoms with Crippen molar-refractivity contribution in [3.8, 4) is 0 Å². The summed E-state index contributed by atoms with van der Waals surface area (Å²) in [7, 11) is 0. The Hall–Kier alpha value is 1.22. The first kappa shape index (κ1) is 18.9. The van der Waals surface area contributed by atoms with E-state index in [-0.39, 0.29) is 43.3 Å². The van der Waals surface area contributed by atoms with Crippen LogP contribution in [0.25, 0.3) is 0 Å². The Bertz CT molecular complexity index is 11.5. The molecule has 0 aromatic heterocycles. The van der Waals surface area contributed by atoms with E-state index in [2.05, 4.69) is 0 Å². The minimum absolute atomic E-state index is 0. The van der Waals surface area contributed by atoms with Crippen molar-refractivity contribution in [2.75, 3.05) is 0 Å². The zero-order valence-electron chi connectivity index (χ0n) is 3.60. The molecular weight excluding hydrogens is 83.3 g/mol. The molecule has 0 saturated heterocycles. The third kappa shape index (κ3) is 10.7. The number of hydrogen-bond acceptors (Lipinski definition) is 2. The predicted octanol–water partition coefficient (Wildman–Crippen LogP) is -1.32. The van der Waals surface area contributed by atoms with Crippen molar-refractivity contribution in [3.63, 3.8) is 0 Å². The summed E-state index contributed by atoms with van der Waals surface area (Å²) in [6.45, 7) is 0. The fourth-order valence-corrected chi connectivity index (χ4v) is 0. The topological polar surface area (TPSA) is 40.5 Å². The monoisotopic (exact) mass is 90.0 g/mol. The molecule has 0 bridgehead atoms. The van der Waals surface area contributed by atoms with Gasteiger partial charge in [-0.1, -0.05) is 0 Å². The van der Waals surface area contributed by atoms with Gasteiger partial charge in [0.2, 0.25) is 0 Å². The second kappa shape index (κ2) is 29.4. The second-order valence-corrected chi connectivity index (χ2v) is 0. The van der Waals surface area contributed by atoms with Gasteiger partial charge in [0.25, 0.3) is 0 Å². The van der Waals surface area contributed by atoms with Gasteiger partial charge in [-0.25, -0.2) is 0 Å². The molecule has 0 rings (SSSR count). The van der Waals surface area contributed by atoms with Crippen LogP contribution in [0.2, 0.25) is 0 Å². The standard InChI is InChI=1S/Al.Mg.H2O2.5H/c;;1-2;;;;;/h;;1-2H;;;;;/q;+2;;;;;2*-1. The molecule has 0 aromatic rings. The molecule has 0 radical (unpaired) electrons. The summed E-state index contributed by atoms with van der Waals surface area (Å²) < 4.78 is 0. The normalized spacial score (nSPS) is 1.50. The van der Waals surface area contributed by atoms with E-state index in [9.17, 15) is 0 Å². The van der Waals surface area contributed by atoms with Gasteiger partial charge in [-0.15, -0.1) is 0 Å². The van der Waals surface area contributed by atoms with Crippen molar-refractivity contribution in [2.45, 2.75) is 0 Å². The Balaban J connectivity index is -0.000000000833. The van der Waals surface area contributed by atoms with Gasteiger partial charge in [-0.3, -0.25) is 10.5 Å². The van der Waals surface area contributed by atoms with Crippen molar-refractivity contribution in [3.05, 3.63) is 0 Å². The molecule has 0 atom stereocenters. The molecule has 24 valence electrons. The third-order valence-corrected chi connectivity index (χ3v) is 0. The van der Waals surface area contributed by atoms with E-state index in [1.807, 2.05) is 0 Å². The summed E-state index contributed by atoms with van der Waals surface area (Å²) in [5.74, 6) is 0. The van der Waals surface area contributed by atoms with Crippen molar-refractivity contribution in [2.24, 2.45) is 0 Å². The van der Waals surface area contributed by atoms with Gasteiger partial charge >= 0.3 is 23.1 Å². The molecule has 0 heterocycles. The first-order chi connectivity index (χ1) is 1.00. The summed E-state index contributed by atoms with van der Waals surface area (Å²) in [5, 5.41) is 12.0. The van der Waals surface area contributed by atoms with E-state index in [4.69, 9.17) is 10.5 Å². The van der Waals surface area contributed by atoms with Crippen LogP contribution in [0, 0.1) is 0 Å². The first-order valence-corrected chi connectivity index (χ1v) is 0.200. The van der Waals surface area contributed by atoms with Crippen LogP contribution in [0.15, 0.2) is 0 Å². The fourth-order valence-electron chi connectivity index (χ4n) is 0. The Morgan fingerprint density at radius 1 is 1.25 bits per heavy atom. The van der Waals surface area contributed by atoms with Gasteiger partial charge < -0.3 is 2.85 Å². The molecule has 4 heavy (non-hydrogen) atoms. The maximum Gasteiger partial charge on any atom is 2.00 e. The molecule has 0 aliphatic carbocycles. The minimum atomic E-state index is 0. The Morgan fingerprint density at radius 2 is 1.25 bits per heavy atom. The maximum atomic E-state index is 6.00. The van der Waals surface area contributed by atoms with Crippen LogP contribution >= 0.6 is 0 Å². The molecule has 0 spiro atoms. The van der Waals surface area contributed by atoms with Gasteiger partial charge in [0.1, 0.15) is 0 Å². The van der Waals surface area contributed by atoms with Gasteiger partial charge in [-0.05, 0) is 0 Å². The molecular formula is H7AlMgO2. The van der Waals surface area contributed by atoms with Crippen LogP contribution in [0.3, 0.4) is 0 Å². The fraction of sp³-hybridized carbons (Fsp3) is 0. The van der Waals surface area contributed by atoms with E-state index < -0.39 is 0 Å². The van der Waals surface area contributed by atoms with Crippen molar-refractivity contribution in [1.29, 1.82) is 0 Å². The summed E-state index contributed by atoms with van der Waals surface area (Å²) in [6.07, 6.45) is 0. The van der Waals surface area contributed by atoms with Crippen LogP contribution in [0.1, 0.15) is 2.85 Å². The van der Waals surface area contributed by atoms with Gasteiger partial charge in [-0.2, -0.15) is 0 Å². The molecule has 2 N–H and O–H groups in total. The second-order valence-electron chi connectivity index (χ2n) is 0. The third-order valence-electron chi connectivity index (χ3n) is 0. The number of rotatable bonds is 0. The number of hydrogen-bond donors (Lipinski definition) is 2. The molecule has 0 saturated carbocycles. The van der Waals surface area contributed by atoms with Crippen molar-refractivity contribution < 1.29 is 13.4 Å².